The Balaban J connectivity index is 2.27. The van der Waals surface area contributed by atoms with Gasteiger partial charge < -0.3 is 15.4 Å². The van der Waals surface area contributed by atoms with E-state index < -0.39 is 5.91 Å². The fourth-order valence-corrected chi connectivity index (χ4v) is 1.84. The van der Waals surface area contributed by atoms with Crippen LogP contribution in [0.2, 0.25) is 0 Å². The van der Waals surface area contributed by atoms with Crippen LogP contribution in [-0.2, 0) is 16.1 Å². The predicted molar refractivity (Wildman–Crippen MR) is 90.3 cm³/mol. The van der Waals surface area contributed by atoms with E-state index in [2.05, 4.69) is 17.6 Å². The lowest BCUT2D eigenvalue weighted by Crippen LogP contribution is -2.27. The highest BCUT2D eigenvalue weighted by atomic mass is 19.1. The lowest BCUT2D eigenvalue weighted by Gasteiger charge is -2.06. The van der Waals surface area contributed by atoms with Crippen molar-refractivity contribution in [3.8, 4) is 6.07 Å². The third-order valence-electron chi connectivity index (χ3n) is 3.22. The number of carbonyl (C=O) groups is 1. The summed E-state index contributed by atoms with van der Waals surface area (Å²) in [6, 6.07) is 7.87. The summed E-state index contributed by atoms with van der Waals surface area (Å²) in [6.45, 7) is 4.30. The summed E-state index contributed by atoms with van der Waals surface area (Å²) in [6.07, 6.45) is 4.21. The zero-order chi connectivity index (χ0) is 17.6. The van der Waals surface area contributed by atoms with Crippen molar-refractivity contribution in [1.82, 2.24) is 10.6 Å². The third kappa shape index (κ3) is 8.30. The van der Waals surface area contributed by atoms with Crippen molar-refractivity contribution in [2.24, 2.45) is 0 Å². The fourth-order valence-electron chi connectivity index (χ4n) is 1.84. The number of ether oxygens (including phenoxy) is 1. The average molecular weight is 333 g/mol. The molecule has 130 valence electrons. The predicted octanol–water partition coefficient (Wildman–Crippen LogP) is 2.65. The van der Waals surface area contributed by atoms with Crippen LogP contribution in [-0.4, -0.2) is 25.7 Å². The van der Waals surface area contributed by atoms with Crippen molar-refractivity contribution in [3.05, 3.63) is 47.4 Å². The van der Waals surface area contributed by atoms with Gasteiger partial charge in [0.2, 0.25) is 0 Å². The molecule has 0 atom stereocenters. The van der Waals surface area contributed by atoms with Gasteiger partial charge in [-0.3, -0.25) is 4.79 Å². The lowest BCUT2D eigenvalue weighted by molar-refractivity contribution is -0.117. The van der Waals surface area contributed by atoms with Crippen molar-refractivity contribution in [2.75, 3.05) is 19.8 Å². The molecule has 1 aromatic rings. The molecule has 5 nitrogen and oxygen atoms in total. The van der Waals surface area contributed by atoms with Crippen LogP contribution in [0.3, 0.4) is 0 Å². The largest absolute Gasteiger partial charge is 0.386 e. The number of rotatable bonds is 11. The van der Waals surface area contributed by atoms with Crippen molar-refractivity contribution in [1.29, 1.82) is 5.26 Å². The van der Waals surface area contributed by atoms with Crippen molar-refractivity contribution in [2.45, 2.75) is 32.7 Å². The first-order valence-electron chi connectivity index (χ1n) is 8.11. The molecular formula is C18H24FN3O2. The Bertz CT molecular complexity index is 565. The minimum Gasteiger partial charge on any atom is -0.386 e. The van der Waals surface area contributed by atoms with E-state index in [1.165, 1.54) is 18.3 Å². The fraction of sp³-hybridized carbons (Fsp3) is 0.444. The number of unbranched alkanes of at least 4 members (excludes halogenated alkanes) is 1. The smallest absolute Gasteiger partial charge is 0.263 e. The molecule has 2 N–H and O–H groups in total. The number of carbonyl (C=O) groups excluding carboxylic acids is 1. The van der Waals surface area contributed by atoms with Crippen LogP contribution in [0.4, 0.5) is 4.39 Å². The van der Waals surface area contributed by atoms with Gasteiger partial charge in [0, 0.05) is 32.5 Å². The van der Waals surface area contributed by atoms with Gasteiger partial charge in [-0.15, -0.1) is 0 Å². The second kappa shape index (κ2) is 12.1. The molecule has 1 aromatic carbocycles. The van der Waals surface area contributed by atoms with Gasteiger partial charge in [0.1, 0.15) is 17.5 Å². The molecule has 1 rings (SSSR count). The number of nitrogens with one attached hydrogen (secondary N) is 2. The zero-order valence-electron chi connectivity index (χ0n) is 14.0. The summed E-state index contributed by atoms with van der Waals surface area (Å²) in [5, 5.41) is 14.6. The van der Waals surface area contributed by atoms with E-state index in [1.54, 1.807) is 12.1 Å². The second-order valence-corrected chi connectivity index (χ2v) is 5.25. The highest BCUT2D eigenvalue weighted by Gasteiger charge is 2.07. The third-order valence-corrected chi connectivity index (χ3v) is 3.22. The molecule has 0 saturated heterocycles. The van der Waals surface area contributed by atoms with Gasteiger partial charge in [0.25, 0.3) is 5.91 Å². The number of hydrogen-bond donors (Lipinski definition) is 2. The Morgan fingerprint density at radius 2 is 2.00 bits per heavy atom. The summed E-state index contributed by atoms with van der Waals surface area (Å²) < 4.78 is 18.2. The molecule has 0 aromatic heterocycles. The Kier molecular flexibility index (Phi) is 9.90. The number of amides is 1. The van der Waals surface area contributed by atoms with Gasteiger partial charge in [0.15, 0.2) is 0 Å². The zero-order valence-corrected chi connectivity index (χ0v) is 14.0. The summed E-state index contributed by atoms with van der Waals surface area (Å²) in [4.78, 5) is 11.9. The van der Waals surface area contributed by atoms with Crippen molar-refractivity contribution >= 4 is 5.91 Å². The van der Waals surface area contributed by atoms with Crippen LogP contribution in [0.25, 0.3) is 0 Å². The molecule has 0 fully saturated rings. The van der Waals surface area contributed by atoms with Gasteiger partial charge in [-0.2, -0.15) is 5.26 Å². The van der Waals surface area contributed by atoms with E-state index in [4.69, 9.17) is 10.00 Å². The Morgan fingerprint density at radius 1 is 1.29 bits per heavy atom. The number of nitrogens with zero attached hydrogens (tertiary/aromatic N) is 1. The van der Waals surface area contributed by atoms with E-state index in [0.717, 1.165) is 25.0 Å². The number of nitriles is 1. The Hall–Kier alpha value is -2.39. The average Bonchev–Trinajstić information content (AvgIpc) is 2.59. The van der Waals surface area contributed by atoms with Gasteiger partial charge in [0.05, 0.1) is 0 Å². The van der Waals surface area contributed by atoms with E-state index in [1.807, 2.05) is 6.07 Å². The first-order valence-corrected chi connectivity index (χ1v) is 8.11. The van der Waals surface area contributed by atoms with Crippen LogP contribution in [0.15, 0.2) is 36.0 Å². The van der Waals surface area contributed by atoms with E-state index in [9.17, 15) is 9.18 Å². The van der Waals surface area contributed by atoms with E-state index in [-0.39, 0.29) is 11.4 Å². The molecule has 0 spiro atoms. The molecule has 0 saturated carbocycles. The highest BCUT2D eigenvalue weighted by molar-refractivity contribution is 5.97. The van der Waals surface area contributed by atoms with Crippen LogP contribution < -0.4 is 10.6 Å². The number of halogens is 1. The summed E-state index contributed by atoms with van der Waals surface area (Å²) in [7, 11) is 0. The van der Waals surface area contributed by atoms with Gasteiger partial charge >= 0.3 is 0 Å². The Labute approximate surface area is 142 Å². The molecule has 1 amide bonds. The van der Waals surface area contributed by atoms with Crippen LogP contribution in [0.5, 0.6) is 0 Å². The molecule has 0 heterocycles. The number of benzene rings is 1. The maximum absolute atomic E-state index is 12.8. The quantitative estimate of drug-likeness (QED) is 0.371. The normalized spacial score (nSPS) is 11.0. The van der Waals surface area contributed by atoms with Gasteiger partial charge in [-0.1, -0.05) is 25.5 Å². The minimum absolute atomic E-state index is 0.00372. The molecule has 6 heteroatoms. The first kappa shape index (κ1) is 19.7. The molecule has 0 radical (unpaired) electrons. The van der Waals surface area contributed by atoms with Gasteiger partial charge in [-0.25, -0.2) is 4.39 Å². The monoisotopic (exact) mass is 333 g/mol. The summed E-state index contributed by atoms with van der Waals surface area (Å²) >= 11 is 0. The molecule has 0 unspecified atom stereocenters. The van der Waals surface area contributed by atoms with E-state index >= 15 is 0 Å². The molecular weight excluding hydrogens is 309 g/mol. The number of hydrogen-bond acceptors (Lipinski definition) is 4. The molecule has 0 aliphatic heterocycles. The maximum Gasteiger partial charge on any atom is 0.263 e. The SMILES string of the molecule is CCCCOCCCNC(=O)/C(C#N)=C\NCc1ccc(F)cc1. The Morgan fingerprint density at radius 3 is 2.67 bits per heavy atom. The lowest BCUT2D eigenvalue weighted by atomic mass is 10.2. The van der Waals surface area contributed by atoms with Crippen LogP contribution in [0.1, 0.15) is 31.7 Å². The van der Waals surface area contributed by atoms with Crippen LogP contribution in [0, 0.1) is 17.1 Å². The molecule has 0 aliphatic rings. The summed E-state index contributed by atoms with van der Waals surface area (Å²) in [5.41, 5.74) is 0.860. The molecule has 0 aliphatic carbocycles. The molecule has 24 heavy (non-hydrogen) atoms. The van der Waals surface area contributed by atoms with Crippen molar-refractivity contribution < 1.29 is 13.9 Å². The maximum atomic E-state index is 12.8. The van der Waals surface area contributed by atoms with E-state index in [0.29, 0.717) is 26.1 Å². The van der Waals surface area contributed by atoms with Crippen LogP contribution >= 0.6 is 0 Å². The van der Waals surface area contributed by atoms with Crippen molar-refractivity contribution in [3.63, 3.8) is 0 Å². The first-order chi connectivity index (χ1) is 11.7. The summed E-state index contributed by atoms with van der Waals surface area (Å²) in [5.74, 6) is -0.720. The highest BCUT2D eigenvalue weighted by Crippen LogP contribution is 2.02. The standard InChI is InChI=1S/C18H24FN3O2/c1-2-3-10-24-11-4-9-22-18(23)16(12-20)14-21-13-15-5-7-17(19)8-6-15/h5-8,14,21H,2-4,9-11,13H2,1H3,(H,22,23)/b16-14-. The second-order valence-electron chi connectivity index (χ2n) is 5.25. The minimum atomic E-state index is -0.419. The topological polar surface area (TPSA) is 74.1 Å². The molecule has 0 bridgehead atoms. The van der Waals surface area contributed by atoms with Gasteiger partial charge in [-0.05, 0) is 30.5 Å².